The van der Waals surface area contributed by atoms with Crippen molar-refractivity contribution in [3.63, 3.8) is 0 Å². The number of fused-ring (bicyclic) bond motifs is 1. The second-order valence-electron chi connectivity index (χ2n) is 12.3. The normalized spacial score (nSPS) is 13.2. The van der Waals surface area contributed by atoms with Gasteiger partial charge in [-0.3, -0.25) is 4.90 Å². The third-order valence-electron chi connectivity index (χ3n) is 8.87. The quantitative estimate of drug-likeness (QED) is 0.121. The fourth-order valence-electron chi connectivity index (χ4n) is 6.42. The monoisotopic (exact) mass is 664 g/mol. The van der Waals surface area contributed by atoms with Gasteiger partial charge in [-0.05, 0) is 48.2 Å². The van der Waals surface area contributed by atoms with Gasteiger partial charge in [-0.15, -0.1) is 0 Å². The molecule has 8 nitrogen and oxygen atoms in total. The van der Waals surface area contributed by atoms with Crippen LogP contribution in [0.25, 0.3) is 22.6 Å². The summed E-state index contributed by atoms with van der Waals surface area (Å²) in [7, 11) is -3.80. The molecule has 2 heterocycles. The van der Waals surface area contributed by atoms with Crippen molar-refractivity contribution in [2.75, 3.05) is 6.79 Å². The Morgan fingerprint density at radius 2 is 1.42 bits per heavy atom. The first-order chi connectivity index (χ1) is 23.4. The number of aromatic nitrogens is 2. The van der Waals surface area contributed by atoms with Crippen LogP contribution in [0.1, 0.15) is 68.8 Å². The number of primary sulfonamides is 1. The van der Waals surface area contributed by atoms with Crippen molar-refractivity contribution in [1.82, 2.24) is 14.5 Å². The molecular formula is C39H44N4O4S. The number of sulfonamides is 1. The Hall–Kier alpha value is -4.44. The highest BCUT2D eigenvalue weighted by Crippen LogP contribution is 2.40. The van der Waals surface area contributed by atoms with Crippen LogP contribution in [0, 0.1) is 0 Å². The summed E-state index contributed by atoms with van der Waals surface area (Å²) in [5, 5.41) is 5.44. The van der Waals surface area contributed by atoms with Crippen LogP contribution in [0.3, 0.4) is 0 Å². The SMILES string of the molecule is CCCC[C@H](c1c(-c2ccccc2)nc(-c2ccccc2)n1CCCC)N(Cc1ccc(S(N)(=O)=O)cc1)Cc1ccc2c(c1)OCO2. The van der Waals surface area contributed by atoms with E-state index in [4.69, 9.17) is 19.6 Å². The summed E-state index contributed by atoms with van der Waals surface area (Å²) >= 11 is 0. The topological polar surface area (TPSA) is 99.7 Å². The number of benzene rings is 4. The number of hydrogen-bond donors (Lipinski definition) is 1. The molecule has 9 heteroatoms. The molecule has 6 rings (SSSR count). The standard InChI is InChI=1S/C39H44N4O4S/c1-3-5-17-34(38-37(31-13-9-7-10-14-31)41-39(43(38)24-6-4-2)32-15-11-8-12-16-32)42(26-29-18-21-33(22-19-29)48(40,44)45)27-30-20-23-35-36(25-30)47-28-46-35/h7-16,18-23,25,34H,3-6,17,24,26-28H2,1-2H3,(H2,40,44,45)/t34-/m1/s1. The molecule has 4 aromatic carbocycles. The number of imidazole rings is 1. The summed E-state index contributed by atoms with van der Waals surface area (Å²) in [6.45, 7) is 6.74. The van der Waals surface area contributed by atoms with Gasteiger partial charge < -0.3 is 14.0 Å². The molecule has 250 valence electrons. The fourth-order valence-corrected chi connectivity index (χ4v) is 6.94. The van der Waals surface area contributed by atoms with Crippen molar-refractivity contribution in [2.45, 2.75) is 76.5 Å². The lowest BCUT2D eigenvalue weighted by Crippen LogP contribution is -2.30. The summed E-state index contributed by atoms with van der Waals surface area (Å²) in [5.41, 5.74) is 6.46. The van der Waals surface area contributed by atoms with Crippen molar-refractivity contribution in [2.24, 2.45) is 5.14 Å². The number of nitrogens with zero attached hydrogens (tertiary/aromatic N) is 3. The van der Waals surface area contributed by atoms with Crippen molar-refractivity contribution >= 4 is 10.0 Å². The van der Waals surface area contributed by atoms with Crippen LogP contribution in [-0.4, -0.2) is 29.7 Å². The Balaban J connectivity index is 1.53. The van der Waals surface area contributed by atoms with E-state index in [2.05, 4.69) is 84.0 Å². The van der Waals surface area contributed by atoms with Gasteiger partial charge in [0.15, 0.2) is 11.5 Å². The van der Waals surface area contributed by atoms with Gasteiger partial charge in [0.1, 0.15) is 5.82 Å². The third-order valence-corrected chi connectivity index (χ3v) is 9.80. The molecule has 1 atom stereocenters. The first-order valence-electron chi connectivity index (χ1n) is 16.8. The molecule has 1 aliphatic rings. The Bertz CT molecular complexity index is 1910. The van der Waals surface area contributed by atoms with Crippen LogP contribution in [0.2, 0.25) is 0 Å². The van der Waals surface area contributed by atoms with Gasteiger partial charge in [-0.1, -0.05) is 112 Å². The molecule has 0 unspecified atom stereocenters. The van der Waals surface area contributed by atoms with Gasteiger partial charge in [0.2, 0.25) is 16.8 Å². The molecule has 5 aromatic rings. The first kappa shape index (κ1) is 33.5. The smallest absolute Gasteiger partial charge is 0.238 e. The van der Waals surface area contributed by atoms with Gasteiger partial charge >= 0.3 is 0 Å². The number of hydrogen-bond acceptors (Lipinski definition) is 6. The highest BCUT2D eigenvalue weighted by molar-refractivity contribution is 7.89. The summed E-state index contributed by atoms with van der Waals surface area (Å²) in [6.07, 6.45) is 5.08. The maximum absolute atomic E-state index is 12.1. The van der Waals surface area contributed by atoms with E-state index in [1.807, 2.05) is 30.3 Å². The first-order valence-corrected chi connectivity index (χ1v) is 18.4. The van der Waals surface area contributed by atoms with Crippen molar-refractivity contribution in [3.05, 3.63) is 120 Å². The van der Waals surface area contributed by atoms with Gasteiger partial charge in [0, 0.05) is 30.8 Å². The van der Waals surface area contributed by atoms with Crippen LogP contribution in [0.4, 0.5) is 0 Å². The van der Waals surface area contributed by atoms with E-state index in [1.54, 1.807) is 12.1 Å². The molecule has 0 saturated heterocycles. The Labute approximate surface area is 284 Å². The van der Waals surface area contributed by atoms with Crippen LogP contribution in [0.15, 0.2) is 108 Å². The predicted octanol–water partition coefficient (Wildman–Crippen LogP) is 8.33. The highest BCUT2D eigenvalue weighted by Gasteiger charge is 2.31. The molecule has 0 amide bonds. The molecule has 0 fully saturated rings. The van der Waals surface area contributed by atoms with Crippen molar-refractivity contribution in [1.29, 1.82) is 0 Å². The van der Waals surface area contributed by atoms with E-state index in [-0.39, 0.29) is 17.7 Å². The minimum absolute atomic E-state index is 0.00897. The van der Waals surface area contributed by atoms with E-state index in [1.165, 1.54) is 5.69 Å². The van der Waals surface area contributed by atoms with Gasteiger partial charge in [0.05, 0.1) is 22.3 Å². The number of rotatable bonds is 15. The summed E-state index contributed by atoms with van der Waals surface area (Å²) in [6, 6.07) is 34.0. The largest absolute Gasteiger partial charge is 0.454 e. The maximum Gasteiger partial charge on any atom is 0.238 e. The Morgan fingerprint density at radius 3 is 2.08 bits per heavy atom. The third kappa shape index (κ3) is 7.65. The predicted molar refractivity (Wildman–Crippen MR) is 190 cm³/mol. The zero-order chi connectivity index (χ0) is 33.5. The highest BCUT2D eigenvalue weighted by atomic mass is 32.2. The van der Waals surface area contributed by atoms with Crippen molar-refractivity contribution in [3.8, 4) is 34.1 Å². The second-order valence-corrected chi connectivity index (χ2v) is 13.9. The molecular weight excluding hydrogens is 621 g/mol. The minimum atomic E-state index is -3.80. The second kappa shape index (κ2) is 15.2. The lowest BCUT2D eigenvalue weighted by molar-refractivity contribution is 0.159. The molecule has 0 saturated carbocycles. The van der Waals surface area contributed by atoms with Crippen LogP contribution in [0.5, 0.6) is 11.5 Å². The molecule has 0 spiro atoms. The molecule has 0 bridgehead atoms. The Kier molecular flexibility index (Phi) is 10.6. The average Bonchev–Trinajstić information content (AvgIpc) is 3.73. The van der Waals surface area contributed by atoms with E-state index >= 15 is 0 Å². The maximum atomic E-state index is 12.1. The number of nitrogens with two attached hydrogens (primary N) is 1. The molecule has 0 radical (unpaired) electrons. The van der Waals surface area contributed by atoms with Crippen LogP contribution >= 0.6 is 0 Å². The minimum Gasteiger partial charge on any atom is -0.454 e. The fraction of sp³-hybridized carbons (Fsp3) is 0.308. The summed E-state index contributed by atoms with van der Waals surface area (Å²) in [4.78, 5) is 8.04. The number of ether oxygens (including phenoxy) is 2. The van der Waals surface area contributed by atoms with Crippen molar-refractivity contribution < 1.29 is 17.9 Å². The zero-order valence-corrected chi connectivity index (χ0v) is 28.5. The lowest BCUT2D eigenvalue weighted by Gasteiger charge is -2.34. The molecule has 1 aliphatic heterocycles. The molecule has 0 aliphatic carbocycles. The zero-order valence-electron chi connectivity index (χ0n) is 27.7. The van der Waals surface area contributed by atoms with Crippen LogP contribution in [-0.2, 0) is 29.7 Å². The molecule has 48 heavy (non-hydrogen) atoms. The van der Waals surface area contributed by atoms with Gasteiger partial charge in [0.25, 0.3) is 0 Å². The average molecular weight is 665 g/mol. The van der Waals surface area contributed by atoms with Gasteiger partial charge in [-0.25, -0.2) is 18.5 Å². The van der Waals surface area contributed by atoms with E-state index in [0.29, 0.717) is 13.1 Å². The lowest BCUT2D eigenvalue weighted by atomic mass is 9.98. The van der Waals surface area contributed by atoms with E-state index in [0.717, 1.165) is 83.9 Å². The Morgan fingerprint density at radius 1 is 0.792 bits per heavy atom. The number of unbranched alkanes of at least 4 members (excludes halogenated alkanes) is 2. The van der Waals surface area contributed by atoms with Gasteiger partial charge in [-0.2, -0.15) is 0 Å². The summed E-state index contributed by atoms with van der Waals surface area (Å²) < 4.78 is 38.0. The van der Waals surface area contributed by atoms with E-state index < -0.39 is 10.0 Å². The van der Waals surface area contributed by atoms with Crippen LogP contribution < -0.4 is 14.6 Å². The summed E-state index contributed by atoms with van der Waals surface area (Å²) in [5.74, 6) is 2.47. The molecule has 2 N–H and O–H groups in total. The van der Waals surface area contributed by atoms with E-state index in [9.17, 15) is 8.42 Å². The molecule has 1 aromatic heterocycles.